The van der Waals surface area contributed by atoms with Crippen LogP contribution in [0.1, 0.15) is 40.5 Å². The molecule has 1 aliphatic heterocycles. The number of hydrogen-bond acceptors (Lipinski definition) is 5. The van der Waals surface area contributed by atoms with Gasteiger partial charge >= 0.3 is 0 Å². The first-order chi connectivity index (χ1) is 10.8. The van der Waals surface area contributed by atoms with Crippen molar-refractivity contribution in [2.75, 3.05) is 6.61 Å². The predicted octanol–water partition coefficient (Wildman–Crippen LogP) is 2.31. The number of carboxylic acids is 1. The summed E-state index contributed by atoms with van der Waals surface area (Å²) in [4.78, 5) is 9.00. The fraction of sp³-hybridized carbons (Fsp3) is 0.824. The van der Waals surface area contributed by atoms with Gasteiger partial charge in [-0.15, -0.1) is 0 Å². The van der Waals surface area contributed by atoms with Crippen molar-refractivity contribution in [2.24, 2.45) is 0 Å². The molecule has 0 radical (unpaired) electrons. The highest BCUT2D eigenvalue weighted by atomic mass is 28.4. The number of carbonyl (C=O) groups is 1. The highest BCUT2D eigenvalue weighted by Crippen LogP contribution is 2.52. The van der Waals surface area contributed by atoms with Crippen LogP contribution in [0.3, 0.4) is 0 Å². The largest absolute Gasteiger partial charge is 0.481 e. The fourth-order valence-corrected chi connectivity index (χ4v) is 4.14. The van der Waals surface area contributed by atoms with E-state index in [1.54, 1.807) is 0 Å². The number of hydrogen-bond donors (Lipinski definition) is 3. The van der Waals surface area contributed by atoms with Gasteiger partial charge < -0.3 is 24.5 Å². The molecule has 0 amide bonds. The fourth-order valence-electron chi connectivity index (χ4n) is 2.78. The summed E-state index contributed by atoms with van der Waals surface area (Å²) < 4.78 is 12.0. The molecule has 1 spiro atoms. The van der Waals surface area contributed by atoms with Crippen molar-refractivity contribution in [1.82, 2.24) is 0 Å². The Kier molecular flexibility index (Phi) is 6.44. The lowest BCUT2D eigenvalue weighted by atomic mass is 9.79. The van der Waals surface area contributed by atoms with E-state index in [9.17, 15) is 10.2 Å². The Bertz CT molecular complexity index is 480. The van der Waals surface area contributed by atoms with E-state index >= 15 is 0 Å². The zero-order valence-electron chi connectivity index (χ0n) is 15.6. The van der Waals surface area contributed by atoms with Gasteiger partial charge in [0.05, 0.1) is 18.8 Å². The van der Waals surface area contributed by atoms with Crippen LogP contribution in [0, 0.1) is 0 Å². The van der Waals surface area contributed by atoms with Crippen molar-refractivity contribution < 1.29 is 29.3 Å². The summed E-state index contributed by atoms with van der Waals surface area (Å²) in [5, 5.41) is 27.1. The van der Waals surface area contributed by atoms with Gasteiger partial charge in [-0.05, 0) is 23.7 Å². The molecule has 24 heavy (non-hydrogen) atoms. The van der Waals surface area contributed by atoms with Crippen LogP contribution in [0.4, 0.5) is 0 Å². The van der Waals surface area contributed by atoms with Crippen molar-refractivity contribution in [1.29, 1.82) is 0 Å². The van der Waals surface area contributed by atoms with E-state index in [1.807, 2.05) is 0 Å². The van der Waals surface area contributed by atoms with Crippen LogP contribution in [0.5, 0.6) is 0 Å². The zero-order valence-corrected chi connectivity index (χ0v) is 16.6. The standard InChI is InChI=1S/C15H28O4Si.C2H4O2/c1-10-12(17)7-11(8-15(10)13(9-16)18-15)19-20(5,6)14(2,3)4;1-2(3)4/h11-13,16-17H,1,7-9H2,2-6H3;1H3,(H,3,4)/t11-,12-,13+,15-;/m0./s1. The van der Waals surface area contributed by atoms with Gasteiger partial charge in [0.2, 0.25) is 0 Å². The molecule has 1 heterocycles. The molecule has 3 N–H and O–H groups in total. The maximum atomic E-state index is 10.2. The average molecular weight is 361 g/mol. The Morgan fingerprint density at radius 1 is 1.46 bits per heavy atom. The van der Waals surface area contributed by atoms with E-state index in [0.29, 0.717) is 18.4 Å². The second-order valence-electron chi connectivity index (χ2n) is 8.18. The minimum Gasteiger partial charge on any atom is -0.481 e. The minimum atomic E-state index is -1.87. The Morgan fingerprint density at radius 2 is 1.96 bits per heavy atom. The number of carboxylic acid groups (broad SMARTS) is 1. The maximum absolute atomic E-state index is 10.2. The van der Waals surface area contributed by atoms with Crippen LogP contribution in [0.2, 0.25) is 18.1 Å². The number of aliphatic carboxylic acids is 1. The molecule has 0 aromatic heterocycles. The normalized spacial score (nSPS) is 33.0. The second kappa shape index (κ2) is 7.25. The van der Waals surface area contributed by atoms with Crippen molar-refractivity contribution in [3.05, 3.63) is 12.2 Å². The van der Waals surface area contributed by atoms with Gasteiger partial charge in [0.15, 0.2) is 8.32 Å². The molecule has 1 saturated carbocycles. The molecule has 1 aliphatic carbocycles. The highest BCUT2D eigenvalue weighted by Gasteiger charge is 2.62. The number of epoxide rings is 1. The topological polar surface area (TPSA) is 99.5 Å². The van der Waals surface area contributed by atoms with E-state index in [2.05, 4.69) is 40.4 Å². The Labute approximate surface area is 145 Å². The lowest BCUT2D eigenvalue weighted by molar-refractivity contribution is -0.134. The third-order valence-corrected chi connectivity index (χ3v) is 9.75. The molecule has 7 heteroatoms. The average Bonchev–Trinajstić information content (AvgIpc) is 3.07. The van der Waals surface area contributed by atoms with Gasteiger partial charge in [-0.25, -0.2) is 0 Å². The Hall–Kier alpha value is -0.733. The lowest BCUT2D eigenvalue weighted by Crippen LogP contribution is -2.49. The van der Waals surface area contributed by atoms with E-state index < -0.39 is 26.0 Å². The van der Waals surface area contributed by atoms with Gasteiger partial charge in [0.25, 0.3) is 5.97 Å². The maximum Gasteiger partial charge on any atom is 0.300 e. The first-order valence-electron chi connectivity index (χ1n) is 8.30. The van der Waals surface area contributed by atoms with Crippen molar-refractivity contribution in [3.8, 4) is 0 Å². The minimum absolute atomic E-state index is 0.0204. The molecular weight excluding hydrogens is 328 g/mol. The molecule has 0 aromatic rings. The SMILES string of the molecule is C=C1[C@@H](O)C[C@H](O[Si](C)(C)C(C)(C)C)C[C@]12O[C@@H]2CO.CC(=O)O. The van der Waals surface area contributed by atoms with Crippen molar-refractivity contribution in [2.45, 2.75) is 82.6 Å². The monoisotopic (exact) mass is 360 g/mol. The third kappa shape index (κ3) is 4.67. The molecule has 2 fully saturated rings. The molecule has 6 nitrogen and oxygen atoms in total. The van der Waals surface area contributed by atoms with Crippen LogP contribution in [-0.2, 0) is 14.0 Å². The predicted molar refractivity (Wildman–Crippen MR) is 94.5 cm³/mol. The molecule has 0 bridgehead atoms. The molecule has 4 atom stereocenters. The molecular formula is C17H32O6Si. The molecule has 140 valence electrons. The summed E-state index contributed by atoms with van der Waals surface area (Å²) in [7, 11) is -1.87. The van der Waals surface area contributed by atoms with Crippen molar-refractivity contribution >= 4 is 14.3 Å². The van der Waals surface area contributed by atoms with Crippen LogP contribution in [-0.4, -0.2) is 60.1 Å². The Morgan fingerprint density at radius 3 is 2.33 bits per heavy atom. The zero-order chi connectivity index (χ0) is 18.9. The van der Waals surface area contributed by atoms with Crippen LogP contribution in [0.25, 0.3) is 0 Å². The van der Waals surface area contributed by atoms with Crippen LogP contribution < -0.4 is 0 Å². The summed E-state index contributed by atoms with van der Waals surface area (Å²) in [5.41, 5.74) is 0.144. The molecule has 0 aromatic carbocycles. The number of rotatable bonds is 3. The smallest absolute Gasteiger partial charge is 0.300 e. The molecule has 1 saturated heterocycles. The van der Waals surface area contributed by atoms with E-state index in [-0.39, 0.29) is 23.9 Å². The molecule has 0 unspecified atom stereocenters. The number of ether oxygens (including phenoxy) is 1. The van der Waals surface area contributed by atoms with Gasteiger partial charge in [0, 0.05) is 19.8 Å². The van der Waals surface area contributed by atoms with Gasteiger partial charge in [-0.2, -0.15) is 0 Å². The summed E-state index contributed by atoms with van der Waals surface area (Å²) in [6, 6.07) is 0. The van der Waals surface area contributed by atoms with Gasteiger partial charge in [0.1, 0.15) is 11.7 Å². The summed E-state index contributed by atoms with van der Waals surface area (Å²) >= 11 is 0. The van der Waals surface area contributed by atoms with Crippen LogP contribution in [0.15, 0.2) is 12.2 Å². The lowest BCUT2D eigenvalue weighted by Gasteiger charge is -2.42. The summed E-state index contributed by atoms with van der Waals surface area (Å²) in [6.45, 7) is 16.1. The first-order valence-corrected chi connectivity index (χ1v) is 11.2. The third-order valence-electron chi connectivity index (χ3n) is 5.21. The van der Waals surface area contributed by atoms with Crippen molar-refractivity contribution in [3.63, 3.8) is 0 Å². The quantitative estimate of drug-likeness (QED) is 0.406. The van der Waals surface area contributed by atoms with Gasteiger partial charge in [-0.3, -0.25) is 4.79 Å². The summed E-state index contributed by atoms with van der Waals surface area (Å²) in [6.07, 6.45) is 0.424. The second-order valence-corrected chi connectivity index (χ2v) is 12.9. The van der Waals surface area contributed by atoms with E-state index in [0.717, 1.165) is 6.92 Å². The van der Waals surface area contributed by atoms with Gasteiger partial charge in [-0.1, -0.05) is 27.4 Å². The van der Waals surface area contributed by atoms with Crippen LogP contribution >= 0.6 is 0 Å². The number of aliphatic hydroxyl groups excluding tert-OH is 2. The Balaban J connectivity index is 0.000000648. The number of aliphatic hydroxyl groups is 2. The summed E-state index contributed by atoms with van der Waals surface area (Å²) in [5.74, 6) is -0.833. The molecule has 2 rings (SSSR count). The highest BCUT2D eigenvalue weighted by molar-refractivity contribution is 6.74. The first kappa shape index (κ1) is 21.3. The molecule has 2 aliphatic rings. The van der Waals surface area contributed by atoms with E-state index in [1.165, 1.54) is 0 Å². The van der Waals surface area contributed by atoms with E-state index in [4.69, 9.17) is 19.1 Å².